The molecule has 0 saturated carbocycles. The number of aryl methyl sites for hydroxylation is 1. The van der Waals surface area contributed by atoms with Crippen LogP contribution in [0.3, 0.4) is 0 Å². The van der Waals surface area contributed by atoms with E-state index in [0.717, 1.165) is 30.8 Å². The molecule has 1 fully saturated rings. The molecule has 0 atom stereocenters. The minimum Gasteiger partial charge on any atom is -0.507 e. The van der Waals surface area contributed by atoms with Crippen LogP contribution in [0.15, 0.2) is 12.1 Å². The fraction of sp³-hybridized carbons (Fsp3) is 0.727. The van der Waals surface area contributed by atoms with Crippen LogP contribution in [0, 0.1) is 6.92 Å². The van der Waals surface area contributed by atoms with E-state index in [4.69, 9.17) is 18.9 Å². The van der Waals surface area contributed by atoms with Gasteiger partial charge in [0.05, 0.1) is 52.9 Å². The summed E-state index contributed by atoms with van der Waals surface area (Å²) in [6.45, 7) is 15.6. The lowest BCUT2D eigenvalue weighted by atomic mass is 9.84. The summed E-state index contributed by atoms with van der Waals surface area (Å²) in [4.78, 5) is 2.33. The van der Waals surface area contributed by atoms with E-state index in [0.29, 0.717) is 58.6 Å². The third-order valence-corrected chi connectivity index (χ3v) is 4.79. The monoisotopic (exact) mass is 395 g/mol. The van der Waals surface area contributed by atoms with Crippen molar-refractivity contribution in [3.05, 3.63) is 28.8 Å². The Morgan fingerprint density at radius 2 is 1.29 bits per heavy atom. The maximum absolute atomic E-state index is 10.5. The van der Waals surface area contributed by atoms with Crippen LogP contribution in [0.2, 0.25) is 0 Å². The summed E-state index contributed by atoms with van der Waals surface area (Å²) in [5.41, 5.74) is 3.00. The molecule has 1 heterocycles. The van der Waals surface area contributed by atoms with Crippen molar-refractivity contribution in [1.82, 2.24) is 4.90 Å². The summed E-state index contributed by atoms with van der Waals surface area (Å²) in [5, 5.41) is 10.5. The van der Waals surface area contributed by atoms with Crippen molar-refractivity contribution in [2.75, 3.05) is 65.9 Å². The Kier molecular flexibility index (Phi) is 9.68. The van der Waals surface area contributed by atoms with Crippen molar-refractivity contribution in [1.29, 1.82) is 0 Å². The lowest BCUT2D eigenvalue weighted by molar-refractivity contribution is 0.00206. The Bertz CT molecular complexity index is 569. The minimum atomic E-state index is -0.103. The zero-order valence-corrected chi connectivity index (χ0v) is 18.0. The van der Waals surface area contributed by atoms with E-state index in [2.05, 4.69) is 37.8 Å². The van der Waals surface area contributed by atoms with E-state index in [1.54, 1.807) is 0 Å². The summed E-state index contributed by atoms with van der Waals surface area (Å²) in [5.74, 6) is 0.403. The maximum Gasteiger partial charge on any atom is 0.122 e. The molecule has 160 valence electrons. The standard InChI is InChI=1S/C22H37NO5/c1-18-15-19(16-20(21(18)24)22(2,3)4)17-23-5-7-25-9-11-27-13-14-28-12-10-26-8-6-23/h15-16,24H,5-14,17H2,1-4H3. The summed E-state index contributed by atoms with van der Waals surface area (Å²) in [7, 11) is 0. The van der Waals surface area contributed by atoms with Crippen LogP contribution in [-0.2, 0) is 30.9 Å². The average molecular weight is 396 g/mol. The molecule has 28 heavy (non-hydrogen) atoms. The number of aromatic hydroxyl groups is 1. The van der Waals surface area contributed by atoms with E-state index < -0.39 is 0 Å². The van der Waals surface area contributed by atoms with Crippen molar-refractivity contribution in [2.45, 2.75) is 39.7 Å². The summed E-state index contributed by atoms with van der Waals surface area (Å²) >= 11 is 0. The molecule has 6 heteroatoms. The second kappa shape index (κ2) is 11.7. The van der Waals surface area contributed by atoms with Gasteiger partial charge >= 0.3 is 0 Å². The maximum atomic E-state index is 10.5. The molecule has 0 aromatic heterocycles. The number of rotatable bonds is 2. The zero-order chi connectivity index (χ0) is 20.4. The highest BCUT2D eigenvalue weighted by Gasteiger charge is 2.20. The SMILES string of the molecule is Cc1cc(CN2CCOCCOCCOCCOCC2)cc(C(C)(C)C)c1O. The molecule has 1 aliphatic rings. The molecule has 1 aromatic carbocycles. The Balaban J connectivity index is 2.02. The summed E-state index contributed by atoms with van der Waals surface area (Å²) in [6, 6.07) is 4.20. The van der Waals surface area contributed by atoms with Gasteiger partial charge in [0.1, 0.15) is 5.75 Å². The van der Waals surface area contributed by atoms with Gasteiger partial charge in [-0.25, -0.2) is 0 Å². The predicted molar refractivity (Wildman–Crippen MR) is 110 cm³/mol. The first-order valence-electron chi connectivity index (χ1n) is 10.2. The van der Waals surface area contributed by atoms with Gasteiger partial charge < -0.3 is 24.1 Å². The minimum absolute atomic E-state index is 0.103. The summed E-state index contributed by atoms with van der Waals surface area (Å²) < 4.78 is 22.4. The zero-order valence-electron chi connectivity index (χ0n) is 18.0. The van der Waals surface area contributed by atoms with Crippen LogP contribution in [0.1, 0.15) is 37.5 Å². The third kappa shape index (κ3) is 8.05. The largest absolute Gasteiger partial charge is 0.507 e. The third-order valence-electron chi connectivity index (χ3n) is 4.79. The van der Waals surface area contributed by atoms with Crippen molar-refractivity contribution >= 4 is 0 Å². The molecule has 0 unspecified atom stereocenters. The summed E-state index contributed by atoms with van der Waals surface area (Å²) in [6.07, 6.45) is 0. The van der Waals surface area contributed by atoms with Gasteiger partial charge in [-0.15, -0.1) is 0 Å². The first-order chi connectivity index (χ1) is 13.4. The van der Waals surface area contributed by atoms with Crippen LogP contribution in [0.4, 0.5) is 0 Å². The fourth-order valence-electron chi connectivity index (χ4n) is 3.19. The fourth-order valence-corrected chi connectivity index (χ4v) is 3.19. The first-order valence-corrected chi connectivity index (χ1v) is 10.2. The van der Waals surface area contributed by atoms with Crippen LogP contribution < -0.4 is 0 Å². The van der Waals surface area contributed by atoms with Gasteiger partial charge in [-0.2, -0.15) is 0 Å². The van der Waals surface area contributed by atoms with Crippen LogP contribution >= 0.6 is 0 Å². The number of hydrogen-bond donors (Lipinski definition) is 1. The van der Waals surface area contributed by atoms with E-state index >= 15 is 0 Å². The quantitative estimate of drug-likeness (QED) is 0.831. The average Bonchev–Trinajstić information content (AvgIpc) is 2.63. The molecule has 2 rings (SSSR count). The highest BCUT2D eigenvalue weighted by Crippen LogP contribution is 2.34. The molecular weight excluding hydrogens is 358 g/mol. The van der Waals surface area contributed by atoms with Gasteiger partial charge in [-0.1, -0.05) is 32.9 Å². The first kappa shape index (κ1) is 23.1. The molecule has 0 spiro atoms. The number of phenolic OH excluding ortho intramolecular Hbond substituents is 1. The van der Waals surface area contributed by atoms with Crippen LogP contribution in [-0.4, -0.2) is 76.0 Å². The Morgan fingerprint density at radius 3 is 1.75 bits per heavy atom. The normalized spacial score (nSPS) is 19.7. The van der Waals surface area contributed by atoms with Crippen LogP contribution in [0.5, 0.6) is 5.75 Å². The Hall–Kier alpha value is -1.18. The molecule has 0 radical (unpaired) electrons. The van der Waals surface area contributed by atoms with Crippen molar-refractivity contribution in [2.24, 2.45) is 0 Å². The molecule has 1 aliphatic heterocycles. The number of benzene rings is 1. The van der Waals surface area contributed by atoms with Crippen molar-refractivity contribution in [3.63, 3.8) is 0 Å². The van der Waals surface area contributed by atoms with Gasteiger partial charge in [0.25, 0.3) is 0 Å². The number of ether oxygens (including phenoxy) is 4. The molecule has 1 aromatic rings. The number of hydrogen-bond acceptors (Lipinski definition) is 6. The van der Waals surface area contributed by atoms with Crippen LogP contribution in [0.25, 0.3) is 0 Å². The molecule has 0 amide bonds. The highest BCUT2D eigenvalue weighted by molar-refractivity contribution is 5.46. The molecule has 0 bridgehead atoms. The topological polar surface area (TPSA) is 60.4 Å². The van der Waals surface area contributed by atoms with Gasteiger partial charge in [-0.3, -0.25) is 4.90 Å². The lowest BCUT2D eigenvalue weighted by Crippen LogP contribution is -2.31. The van der Waals surface area contributed by atoms with Crippen molar-refractivity contribution in [3.8, 4) is 5.75 Å². The van der Waals surface area contributed by atoms with E-state index in [9.17, 15) is 5.11 Å². The number of nitrogens with zero attached hydrogens (tertiary/aromatic N) is 1. The van der Waals surface area contributed by atoms with E-state index in [-0.39, 0.29) is 5.41 Å². The van der Waals surface area contributed by atoms with E-state index in [1.165, 1.54) is 5.56 Å². The van der Waals surface area contributed by atoms with Crippen molar-refractivity contribution < 1.29 is 24.1 Å². The smallest absolute Gasteiger partial charge is 0.122 e. The Labute approximate surface area is 169 Å². The molecule has 0 aliphatic carbocycles. The molecular formula is C22H37NO5. The predicted octanol–water partition coefficient (Wildman–Crippen LogP) is 2.88. The second-order valence-corrected chi connectivity index (χ2v) is 8.28. The Morgan fingerprint density at radius 1 is 0.821 bits per heavy atom. The van der Waals surface area contributed by atoms with Gasteiger partial charge in [0, 0.05) is 19.6 Å². The lowest BCUT2D eigenvalue weighted by Gasteiger charge is -2.26. The van der Waals surface area contributed by atoms with Gasteiger partial charge in [-0.05, 0) is 29.0 Å². The molecule has 6 nitrogen and oxygen atoms in total. The van der Waals surface area contributed by atoms with E-state index in [1.807, 2.05) is 6.92 Å². The number of phenols is 1. The molecule has 1 N–H and O–H groups in total. The highest BCUT2D eigenvalue weighted by atomic mass is 16.6. The van der Waals surface area contributed by atoms with Gasteiger partial charge in [0.15, 0.2) is 0 Å². The second-order valence-electron chi connectivity index (χ2n) is 8.28. The van der Waals surface area contributed by atoms with Gasteiger partial charge in [0.2, 0.25) is 0 Å². The molecule has 1 saturated heterocycles.